The van der Waals surface area contributed by atoms with Crippen LogP contribution in [0.15, 0.2) is 54.6 Å². The highest BCUT2D eigenvalue weighted by Crippen LogP contribution is 2.27. The first-order chi connectivity index (χ1) is 12.1. The molecule has 0 spiro atoms. The van der Waals surface area contributed by atoms with E-state index in [0.717, 1.165) is 11.3 Å². The quantitative estimate of drug-likeness (QED) is 0.839. The van der Waals surface area contributed by atoms with Gasteiger partial charge in [0.05, 0.1) is 5.92 Å². The monoisotopic (exact) mass is 337 g/mol. The van der Waals surface area contributed by atoms with E-state index in [1.807, 2.05) is 31.2 Å². The fourth-order valence-electron chi connectivity index (χ4n) is 2.86. The number of aryl methyl sites for hydroxylation is 1. The maximum absolute atomic E-state index is 12.3. The van der Waals surface area contributed by atoms with E-state index in [0.29, 0.717) is 12.1 Å². The van der Waals surface area contributed by atoms with E-state index in [1.54, 1.807) is 35.2 Å². The summed E-state index contributed by atoms with van der Waals surface area (Å²) in [4.78, 5) is 38.1. The average Bonchev–Trinajstić information content (AvgIpc) is 3.02. The number of hydrogen-bond donors (Lipinski definition) is 2. The molecule has 1 aliphatic rings. The van der Waals surface area contributed by atoms with E-state index in [1.165, 1.54) is 0 Å². The second kappa shape index (κ2) is 7.17. The van der Waals surface area contributed by atoms with Crippen LogP contribution in [0.3, 0.4) is 0 Å². The van der Waals surface area contributed by atoms with E-state index >= 15 is 0 Å². The Labute approximate surface area is 145 Å². The van der Waals surface area contributed by atoms with Crippen LogP contribution in [0.1, 0.15) is 22.3 Å². The molecule has 0 aromatic heterocycles. The largest absolute Gasteiger partial charge is 0.311 e. The minimum absolute atomic E-state index is 0.0937. The molecular weight excluding hydrogens is 318 g/mol. The molecule has 6 heteroatoms. The Balaban J connectivity index is 1.60. The number of carbonyl (C=O) groups is 3. The molecule has 1 aliphatic heterocycles. The number of nitrogens with one attached hydrogen (secondary N) is 2. The van der Waals surface area contributed by atoms with Crippen molar-refractivity contribution in [2.24, 2.45) is 5.92 Å². The molecular formula is C19H19N3O3. The first kappa shape index (κ1) is 16.7. The molecule has 0 unspecified atom stereocenters. The number of benzene rings is 2. The van der Waals surface area contributed by atoms with Crippen LogP contribution >= 0.6 is 0 Å². The van der Waals surface area contributed by atoms with Crippen molar-refractivity contribution in [1.29, 1.82) is 0 Å². The average molecular weight is 337 g/mol. The molecule has 2 aromatic carbocycles. The van der Waals surface area contributed by atoms with Gasteiger partial charge in [0.1, 0.15) is 0 Å². The fourth-order valence-corrected chi connectivity index (χ4v) is 2.86. The summed E-state index contributed by atoms with van der Waals surface area (Å²) in [5.41, 5.74) is 7.05. The van der Waals surface area contributed by atoms with Crippen LogP contribution in [0.2, 0.25) is 0 Å². The summed E-state index contributed by atoms with van der Waals surface area (Å²) in [5.74, 6) is -1.35. The molecule has 25 heavy (non-hydrogen) atoms. The molecule has 1 atom stereocenters. The Bertz CT molecular complexity index is 805. The second-order valence-electron chi connectivity index (χ2n) is 6.00. The van der Waals surface area contributed by atoms with Crippen LogP contribution in [0.4, 0.5) is 5.69 Å². The van der Waals surface area contributed by atoms with E-state index < -0.39 is 11.8 Å². The van der Waals surface area contributed by atoms with Gasteiger partial charge >= 0.3 is 0 Å². The van der Waals surface area contributed by atoms with Crippen molar-refractivity contribution in [3.05, 3.63) is 65.7 Å². The SMILES string of the molecule is Cc1ccccc1N1C[C@H](C(=O)NNC(=O)c2ccccc2)CC1=O. The third-order valence-corrected chi connectivity index (χ3v) is 4.24. The summed E-state index contributed by atoms with van der Waals surface area (Å²) < 4.78 is 0. The lowest BCUT2D eigenvalue weighted by Crippen LogP contribution is -2.45. The second-order valence-corrected chi connectivity index (χ2v) is 6.00. The molecule has 3 rings (SSSR count). The van der Waals surface area contributed by atoms with Crippen molar-refractivity contribution in [3.63, 3.8) is 0 Å². The Morgan fingerprint density at radius 3 is 2.40 bits per heavy atom. The summed E-state index contributed by atoms with van der Waals surface area (Å²) in [6.07, 6.45) is 0.126. The molecule has 0 bridgehead atoms. The van der Waals surface area contributed by atoms with Gasteiger partial charge in [0.25, 0.3) is 5.91 Å². The number of anilines is 1. The van der Waals surface area contributed by atoms with Crippen LogP contribution in [0.5, 0.6) is 0 Å². The minimum atomic E-state index is -0.497. The number of para-hydroxylation sites is 1. The zero-order valence-corrected chi connectivity index (χ0v) is 13.9. The molecule has 128 valence electrons. The molecule has 1 heterocycles. The number of hydrazine groups is 1. The van der Waals surface area contributed by atoms with Crippen molar-refractivity contribution in [2.45, 2.75) is 13.3 Å². The molecule has 0 saturated carbocycles. The van der Waals surface area contributed by atoms with Crippen LogP contribution in [-0.4, -0.2) is 24.3 Å². The highest BCUT2D eigenvalue weighted by Gasteiger charge is 2.35. The van der Waals surface area contributed by atoms with Gasteiger partial charge in [-0.15, -0.1) is 0 Å². The van der Waals surface area contributed by atoms with Crippen LogP contribution in [0.25, 0.3) is 0 Å². The topological polar surface area (TPSA) is 78.5 Å². The highest BCUT2D eigenvalue weighted by atomic mass is 16.2. The van der Waals surface area contributed by atoms with Gasteiger partial charge in [-0.25, -0.2) is 0 Å². The van der Waals surface area contributed by atoms with E-state index in [4.69, 9.17) is 0 Å². The van der Waals surface area contributed by atoms with Gasteiger partial charge in [-0.1, -0.05) is 36.4 Å². The van der Waals surface area contributed by atoms with Crippen LogP contribution in [-0.2, 0) is 9.59 Å². The number of amides is 3. The molecule has 6 nitrogen and oxygen atoms in total. The number of hydrogen-bond acceptors (Lipinski definition) is 3. The smallest absolute Gasteiger partial charge is 0.269 e. The zero-order valence-electron chi connectivity index (χ0n) is 13.9. The van der Waals surface area contributed by atoms with Gasteiger partial charge in [0.2, 0.25) is 11.8 Å². The molecule has 1 saturated heterocycles. The first-order valence-electron chi connectivity index (χ1n) is 8.07. The zero-order chi connectivity index (χ0) is 17.8. The van der Waals surface area contributed by atoms with Crippen molar-refractivity contribution < 1.29 is 14.4 Å². The summed E-state index contributed by atoms with van der Waals surface area (Å²) in [6.45, 7) is 2.23. The lowest BCUT2D eigenvalue weighted by molar-refractivity contribution is -0.126. The summed E-state index contributed by atoms with van der Waals surface area (Å²) in [7, 11) is 0. The lowest BCUT2D eigenvalue weighted by atomic mass is 10.1. The Morgan fingerprint density at radius 1 is 1.00 bits per heavy atom. The van der Waals surface area contributed by atoms with Gasteiger partial charge in [-0.2, -0.15) is 0 Å². The molecule has 2 N–H and O–H groups in total. The maximum atomic E-state index is 12.3. The Morgan fingerprint density at radius 2 is 1.68 bits per heavy atom. The number of rotatable bonds is 3. The first-order valence-corrected chi connectivity index (χ1v) is 8.07. The van der Waals surface area contributed by atoms with Crippen molar-refractivity contribution in [2.75, 3.05) is 11.4 Å². The van der Waals surface area contributed by atoms with Gasteiger partial charge in [-0.3, -0.25) is 25.2 Å². The maximum Gasteiger partial charge on any atom is 0.269 e. The predicted molar refractivity (Wildman–Crippen MR) is 93.7 cm³/mol. The molecule has 1 fully saturated rings. The fraction of sp³-hybridized carbons (Fsp3) is 0.211. The van der Waals surface area contributed by atoms with Crippen molar-refractivity contribution in [3.8, 4) is 0 Å². The highest BCUT2D eigenvalue weighted by molar-refractivity contribution is 6.01. The molecule has 2 aromatic rings. The van der Waals surface area contributed by atoms with Gasteiger partial charge < -0.3 is 4.90 Å². The third-order valence-electron chi connectivity index (χ3n) is 4.24. The Hall–Kier alpha value is -3.15. The molecule has 0 radical (unpaired) electrons. The normalized spacial score (nSPS) is 16.6. The summed E-state index contributed by atoms with van der Waals surface area (Å²) in [5, 5.41) is 0. The minimum Gasteiger partial charge on any atom is -0.311 e. The van der Waals surface area contributed by atoms with E-state index in [9.17, 15) is 14.4 Å². The predicted octanol–water partition coefficient (Wildman–Crippen LogP) is 1.81. The lowest BCUT2D eigenvalue weighted by Gasteiger charge is -2.19. The van der Waals surface area contributed by atoms with Gasteiger partial charge in [0.15, 0.2) is 0 Å². The van der Waals surface area contributed by atoms with Crippen molar-refractivity contribution >= 4 is 23.4 Å². The van der Waals surface area contributed by atoms with Crippen LogP contribution < -0.4 is 15.8 Å². The van der Waals surface area contributed by atoms with Gasteiger partial charge in [0, 0.05) is 24.2 Å². The third kappa shape index (κ3) is 3.68. The summed E-state index contributed by atoms with van der Waals surface area (Å²) in [6, 6.07) is 16.2. The van der Waals surface area contributed by atoms with Crippen LogP contribution in [0, 0.1) is 12.8 Å². The number of nitrogens with zero attached hydrogens (tertiary/aromatic N) is 1. The van der Waals surface area contributed by atoms with E-state index in [-0.39, 0.29) is 18.2 Å². The Kier molecular flexibility index (Phi) is 4.79. The van der Waals surface area contributed by atoms with Gasteiger partial charge in [-0.05, 0) is 30.7 Å². The number of carbonyl (C=O) groups excluding carboxylic acids is 3. The summed E-state index contributed by atoms with van der Waals surface area (Å²) >= 11 is 0. The molecule has 0 aliphatic carbocycles. The van der Waals surface area contributed by atoms with Crippen molar-refractivity contribution in [1.82, 2.24) is 10.9 Å². The molecule has 3 amide bonds. The standard InChI is InChI=1S/C19H19N3O3/c1-13-7-5-6-10-16(13)22-12-15(11-17(22)23)19(25)21-20-18(24)14-8-3-2-4-9-14/h2-10,15H,11-12H2,1H3,(H,20,24)(H,21,25)/t15-/m1/s1. The van der Waals surface area contributed by atoms with E-state index in [2.05, 4.69) is 10.9 Å².